The highest BCUT2D eigenvalue weighted by molar-refractivity contribution is 9.10. The van der Waals surface area contributed by atoms with Gasteiger partial charge < -0.3 is 34.3 Å². The summed E-state index contributed by atoms with van der Waals surface area (Å²) in [6, 6.07) is 10.1. The molecule has 0 saturated carbocycles. The van der Waals surface area contributed by atoms with Crippen LogP contribution < -0.4 is 14.2 Å². The van der Waals surface area contributed by atoms with Crippen LogP contribution in [0.4, 0.5) is 0 Å². The van der Waals surface area contributed by atoms with E-state index < -0.39 is 41.0 Å². The number of ketones is 1. The number of aromatic carboxylic acids is 1. The molecule has 0 saturated heterocycles. The van der Waals surface area contributed by atoms with Gasteiger partial charge >= 0.3 is 23.9 Å². The molecule has 4 aromatic rings. The normalized spacial score (nSPS) is 14.8. The van der Waals surface area contributed by atoms with Gasteiger partial charge in [0.1, 0.15) is 33.0 Å². The molecule has 304 valence electrons. The Labute approximate surface area is 348 Å². The van der Waals surface area contributed by atoms with Gasteiger partial charge in [0.2, 0.25) is 5.60 Å². The van der Waals surface area contributed by atoms with Crippen molar-refractivity contribution in [3.63, 3.8) is 0 Å². The topological polar surface area (TPSA) is 207 Å². The number of carbonyl (C=O) groups is 5. The van der Waals surface area contributed by atoms with Gasteiger partial charge in [0.15, 0.2) is 11.5 Å². The van der Waals surface area contributed by atoms with Crippen molar-refractivity contribution in [3.8, 4) is 40.2 Å². The molecule has 0 aromatic heterocycles. The van der Waals surface area contributed by atoms with Gasteiger partial charge in [0.05, 0.1) is 29.9 Å². The van der Waals surface area contributed by atoms with Crippen molar-refractivity contribution in [1.82, 2.24) is 0 Å². The van der Waals surface area contributed by atoms with Crippen molar-refractivity contribution < 1.29 is 58.2 Å². The highest BCUT2D eigenvalue weighted by Crippen LogP contribution is 2.45. The SMILES string of the molecule is COC1=CC(=O)C=C(C)[C@]1(O)C(=O)Oc1c(C)c(C)c(C(=O)Oc2cc(C)c(C(=O)Oc3c(C)c(C)c(C(=O)O)c(C)c3-c3cccc(C#N)c3)c(C)c2C)c(O)c1Br. The first-order chi connectivity index (χ1) is 27.6. The number of benzene rings is 4. The second kappa shape index (κ2) is 16.4. The van der Waals surface area contributed by atoms with Gasteiger partial charge in [-0.3, -0.25) is 4.79 Å². The Hall–Kier alpha value is -6.56. The van der Waals surface area contributed by atoms with E-state index in [0.29, 0.717) is 50.1 Å². The molecule has 0 unspecified atom stereocenters. The number of phenols is 1. The smallest absolute Gasteiger partial charge is 0.356 e. The first-order valence-corrected chi connectivity index (χ1v) is 18.8. The molecule has 14 heteroatoms. The monoisotopic (exact) mass is 865 g/mol. The van der Waals surface area contributed by atoms with Crippen molar-refractivity contribution in [1.29, 1.82) is 5.26 Å². The number of hydrogen-bond acceptors (Lipinski definition) is 12. The lowest BCUT2D eigenvalue weighted by Crippen LogP contribution is -2.47. The van der Waals surface area contributed by atoms with Crippen LogP contribution >= 0.6 is 15.9 Å². The number of ether oxygens (including phenoxy) is 4. The zero-order valence-corrected chi connectivity index (χ0v) is 35.5. The van der Waals surface area contributed by atoms with Gasteiger partial charge in [-0.1, -0.05) is 12.1 Å². The Morgan fingerprint density at radius 1 is 0.746 bits per heavy atom. The van der Waals surface area contributed by atoms with Gasteiger partial charge in [-0.05, 0) is 158 Å². The van der Waals surface area contributed by atoms with Crippen molar-refractivity contribution in [2.75, 3.05) is 7.11 Å². The number of carboxylic acid groups (broad SMARTS) is 1. The number of carboxylic acids is 1. The third-order valence-electron chi connectivity index (χ3n) is 10.8. The van der Waals surface area contributed by atoms with Gasteiger partial charge in [-0.15, -0.1) is 0 Å². The highest BCUT2D eigenvalue weighted by atomic mass is 79.9. The Morgan fingerprint density at radius 2 is 1.34 bits per heavy atom. The Bertz CT molecular complexity index is 2640. The van der Waals surface area contributed by atoms with E-state index in [1.807, 2.05) is 0 Å². The minimum absolute atomic E-state index is 0.0514. The lowest BCUT2D eigenvalue weighted by atomic mass is 9.87. The number of esters is 3. The van der Waals surface area contributed by atoms with E-state index in [2.05, 4.69) is 22.0 Å². The van der Waals surface area contributed by atoms with E-state index in [9.17, 15) is 44.6 Å². The van der Waals surface area contributed by atoms with Crippen LogP contribution in [0.3, 0.4) is 0 Å². The summed E-state index contributed by atoms with van der Waals surface area (Å²) in [6.07, 6.45) is 2.02. The largest absolute Gasteiger partial charge is 0.506 e. The van der Waals surface area contributed by atoms with Gasteiger partial charge in [-0.2, -0.15) is 5.26 Å². The number of allylic oxidation sites excluding steroid dienone is 2. The summed E-state index contributed by atoms with van der Waals surface area (Å²) in [6.45, 7) is 14.2. The number of nitriles is 1. The lowest BCUT2D eigenvalue weighted by molar-refractivity contribution is -0.151. The first kappa shape index (κ1) is 43.6. The number of hydrogen-bond donors (Lipinski definition) is 3. The molecule has 0 spiro atoms. The molecule has 0 bridgehead atoms. The summed E-state index contributed by atoms with van der Waals surface area (Å²) < 4.78 is 22.4. The molecule has 5 rings (SSSR count). The van der Waals surface area contributed by atoms with Gasteiger partial charge in [-0.25, -0.2) is 19.2 Å². The van der Waals surface area contributed by atoms with E-state index in [4.69, 9.17) is 18.9 Å². The fourth-order valence-corrected chi connectivity index (χ4v) is 7.71. The summed E-state index contributed by atoms with van der Waals surface area (Å²) in [7, 11) is 1.18. The molecule has 1 aliphatic rings. The molecule has 3 N–H and O–H groups in total. The van der Waals surface area contributed by atoms with E-state index in [1.165, 1.54) is 33.9 Å². The van der Waals surface area contributed by atoms with Crippen LogP contribution in [0.15, 0.2) is 58.3 Å². The molecular weight excluding hydrogens is 826 g/mol. The van der Waals surface area contributed by atoms with E-state index in [1.54, 1.807) is 65.8 Å². The van der Waals surface area contributed by atoms with Crippen LogP contribution in [0, 0.1) is 66.7 Å². The minimum atomic E-state index is -2.45. The molecule has 0 aliphatic heterocycles. The molecule has 0 radical (unpaired) electrons. The summed E-state index contributed by atoms with van der Waals surface area (Å²) in [5.74, 6) is -5.61. The zero-order valence-electron chi connectivity index (χ0n) is 33.9. The van der Waals surface area contributed by atoms with Gasteiger partial charge in [0.25, 0.3) is 0 Å². The Kier molecular flexibility index (Phi) is 12.1. The maximum atomic E-state index is 14.1. The third kappa shape index (κ3) is 7.50. The van der Waals surface area contributed by atoms with E-state index >= 15 is 0 Å². The molecule has 0 fully saturated rings. The molecule has 0 heterocycles. The third-order valence-corrected chi connectivity index (χ3v) is 11.5. The minimum Gasteiger partial charge on any atom is -0.506 e. The molecular formula is C45H40BrNO12. The second-order valence-electron chi connectivity index (χ2n) is 14.2. The molecule has 1 aliphatic carbocycles. The number of halogens is 1. The maximum absolute atomic E-state index is 14.1. The predicted octanol–water partition coefficient (Wildman–Crippen LogP) is 7.99. The quantitative estimate of drug-likeness (QED) is 0.108. The fraction of sp³-hybridized carbons (Fsp3) is 0.244. The van der Waals surface area contributed by atoms with Crippen molar-refractivity contribution in [2.24, 2.45) is 0 Å². The van der Waals surface area contributed by atoms with Crippen LogP contribution in [0.2, 0.25) is 0 Å². The number of aliphatic hydroxyl groups is 1. The van der Waals surface area contributed by atoms with Crippen molar-refractivity contribution in [3.05, 3.63) is 125 Å². The predicted molar refractivity (Wildman–Crippen MR) is 218 cm³/mol. The molecule has 0 amide bonds. The number of aromatic hydroxyl groups is 1. The summed E-state index contributed by atoms with van der Waals surface area (Å²) >= 11 is 3.21. The Morgan fingerprint density at radius 3 is 1.95 bits per heavy atom. The first-order valence-electron chi connectivity index (χ1n) is 18.0. The Balaban J connectivity index is 1.49. The van der Waals surface area contributed by atoms with Crippen LogP contribution in [0.25, 0.3) is 11.1 Å². The number of phenolic OH excluding ortho intramolecular Hbond substituents is 1. The van der Waals surface area contributed by atoms with Crippen molar-refractivity contribution >= 4 is 45.6 Å². The summed E-state index contributed by atoms with van der Waals surface area (Å²) in [5.41, 5.74) is 1.36. The summed E-state index contributed by atoms with van der Waals surface area (Å²) in [4.78, 5) is 65.7. The van der Waals surface area contributed by atoms with E-state index in [0.717, 1.165) is 12.2 Å². The van der Waals surface area contributed by atoms with Crippen LogP contribution in [0.5, 0.6) is 23.0 Å². The summed E-state index contributed by atoms with van der Waals surface area (Å²) in [5, 5.41) is 42.2. The molecule has 59 heavy (non-hydrogen) atoms. The van der Waals surface area contributed by atoms with E-state index in [-0.39, 0.29) is 60.9 Å². The van der Waals surface area contributed by atoms with Crippen LogP contribution in [-0.2, 0) is 14.3 Å². The number of carbonyl (C=O) groups excluding carboxylic acids is 4. The zero-order chi connectivity index (χ0) is 44.0. The number of rotatable bonds is 9. The van der Waals surface area contributed by atoms with Gasteiger partial charge in [0, 0.05) is 11.6 Å². The second-order valence-corrected chi connectivity index (χ2v) is 15.0. The van der Waals surface area contributed by atoms with Crippen LogP contribution in [0.1, 0.15) is 88.1 Å². The molecule has 1 atom stereocenters. The number of nitrogens with zero attached hydrogens (tertiary/aromatic N) is 1. The maximum Gasteiger partial charge on any atom is 0.356 e. The number of aryl methyl sites for hydroxylation is 1. The molecule has 13 nitrogen and oxygen atoms in total. The molecule has 4 aromatic carbocycles. The highest BCUT2D eigenvalue weighted by Gasteiger charge is 2.48. The number of methoxy groups -OCH3 is 1. The average molecular weight is 867 g/mol. The standard InChI is InChI=1S/C45H40BrNO12/c1-19-14-31(57-43(53)36-24(6)26(8)40(37(46)38(36)49)59-44(54)45(55)20(2)15-30(48)17-32(45)56-10)21(3)22(4)33(19)42(52)58-39-25(7)23(5)34(41(50)51)27(9)35(39)29-13-11-12-28(16-29)18-47/h11-17,49,55H,1-10H3,(H,50,51)/t45-/m1/s1. The average Bonchev–Trinajstić information content (AvgIpc) is 3.17. The lowest BCUT2D eigenvalue weighted by Gasteiger charge is -2.30. The van der Waals surface area contributed by atoms with Crippen molar-refractivity contribution in [2.45, 2.75) is 67.9 Å². The van der Waals surface area contributed by atoms with Crippen LogP contribution in [-0.4, -0.2) is 57.7 Å². The fourth-order valence-electron chi connectivity index (χ4n) is 7.13.